The fourth-order valence-electron chi connectivity index (χ4n) is 1.92. The molecule has 0 fully saturated rings. The smallest absolute Gasteiger partial charge is 0.0722 e. The van der Waals surface area contributed by atoms with Crippen LogP contribution in [0.3, 0.4) is 0 Å². The van der Waals surface area contributed by atoms with Crippen LogP contribution in [0.2, 0.25) is 0 Å². The first-order chi connectivity index (χ1) is 7.18. The molecule has 15 heavy (non-hydrogen) atoms. The summed E-state index contributed by atoms with van der Waals surface area (Å²) in [5.74, 6) is 0. The molecule has 2 heterocycles. The predicted octanol–water partition coefficient (Wildman–Crippen LogP) is 3.07. The molecule has 2 nitrogen and oxygen atoms in total. The van der Waals surface area contributed by atoms with Crippen LogP contribution in [-0.2, 0) is 0 Å². The fraction of sp³-hybridized carbons (Fsp3) is 0.231. The Hall–Kier alpha value is -1.70. The highest BCUT2D eigenvalue weighted by Crippen LogP contribution is 2.24. The molecule has 0 aliphatic heterocycles. The van der Waals surface area contributed by atoms with Gasteiger partial charge < -0.3 is 0 Å². The first-order valence-electron chi connectivity index (χ1n) is 5.05. The van der Waals surface area contributed by atoms with Crippen molar-refractivity contribution in [1.29, 1.82) is 0 Å². The van der Waals surface area contributed by atoms with E-state index in [4.69, 9.17) is 0 Å². The van der Waals surface area contributed by atoms with Gasteiger partial charge in [0.25, 0.3) is 0 Å². The highest BCUT2D eigenvalue weighted by Gasteiger charge is 2.07. The molecule has 0 aromatic carbocycles. The van der Waals surface area contributed by atoms with Crippen molar-refractivity contribution in [2.75, 3.05) is 0 Å². The molecule has 0 bridgehead atoms. The third-order valence-electron chi connectivity index (χ3n) is 2.45. The van der Waals surface area contributed by atoms with Gasteiger partial charge in [-0.2, -0.15) is 0 Å². The van der Waals surface area contributed by atoms with Crippen LogP contribution in [0.4, 0.5) is 0 Å². The first-order valence-corrected chi connectivity index (χ1v) is 5.05. The lowest BCUT2D eigenvalue weighted by atomic mass is 10.0. The van der Waals surface area contributed by atoms with Gasteiger partial charge in [0, 0.05) is 23.1 Å². The average Bonchev–Trinajstić information content (AvgIpc) is 2.17. The lowest BCUT2D eigenvalue weighted by Gasteiger charge is -2.09. The molecule has 0 N–H and O–H groups in total. The van der Waals surface area contributed by atoms with Crippen LogP contribution >= 0.6 is 0 Å². The van der Waals surface area contributed by atoms with E-state index in [2.05, 4.69) is 23.0 Å². The summed E-state index contributed by atoms with van der Waals surface area (Å²) in [5, 5.41) is 0. The van der Waals surface area contributed by atoms with E-state index in [-0.39, 0.29) is 0 Å². The van der Waals surface area contributed by atoms with Crippen molar-refractivity contribution in [3.05, 3.63) is 47.4 Å². The van der Waals surface area contributed by atoms with Crippen LogP contribution in [0.5, 0.6) is 0 Å². The summed E-state index contributed by atoms with van der Waals surface area (Å²) in [7, 11) is 0. The highest BCUT2D eigenvalue weighted by atomic mass is 14.7. The SMILES string of the molecule is Cc1cc(C)c(-c2ccccn2)c(C)n1. The summed E-state index contributed by atoms with van der Waals surface area (Å²) in [6.07, 6.45) is 1.81. The molecule has 2 heteroatoms. The van der Waals surface area contributed by atoms with E-state index in [1.165, 1.54) is 5.56 Å². The topological polar surface area (TPSA) is 25.8 Å². The minimum atomic E-state index is 1.00. The van der Waals surface area contributed by atoms with Gasteiger partial charge in [0.05, 0.1) is 5.69 Å². The molecular formula is C13H14N2. The maximum atomic E-state index is 4.47. The van der Waals surface area contributed by atoms with Crippen LogP contribution in [0.1, 0.15) is 17.0 Å². The Morgan fingerprint density at radius 3 is 2.47 bits per heavy atom. The Morgan fingerprint density at radius 2 is 1.87 bits per heavy atom. The molecule has 0 radical (unpaired) electrons. The van der Waals surface area contributed by atoms with E-state index in [0.29, 0.717) is 0 Å². The van der Waals surface area contributed by atoms with Gasteiger partial charge in [0.15, 0.2) is 0 Å². The molecule has 2 aromatic rings. The van der Waals surface area contributed by atoms with E-state index >= 15 is 0 Å². The predicted molar refractivity (Wildman–Crippen MR) is 61.7 cm³/mol. The zero-order valence-corrected chi connectivity index (χ0v) is 9.28. The normalized spacial score (nSPS) is 10.3. The van der Waals surface area contributed by atoms with Crippen molar-refractivity contribution in [2.24, 2.45) is 0 Å². The van der Waals surface area contributed by atoms with Crippen LogP contribution in [0.15, 0.2) is 30.5 Å². The van der Waals surface area contributed by atoms with Crippen LogP contribution in [0.25, 0.3) is 11.3 Å². The van der Waals surface area contributed by atoms with Gasteiger partial charge in [-0.3, -0.25) is 9.97 Å². The summed E-state index contributed by atoms with van der Waals surface area (Å²) in [5.41, 5.74) is 5.50. The minimum absolute atomic E-state index is 1.00. The maximum absolute atomic E-state index is 4.47. The fourth-order valence-corrected chi connectivity index (χ4v) is 1.92. The molecule has 0 atom stereocenters. The monoisotopic (exact) mass is 198 g/mol. The van der Waals surface area contributed by atoms with E-state index in [1.54, 1.807) is 0 Å². The van der Waals surface area contributed by atoms with Crippen molar-refractivity contribution in [2.45, 2.75) is 20.8 Å². The lowest BCUT2D eigenvalue weighted by Crippen LogP contribution is -1.95. The molecule has 2 aromatic heterocycles. The Balaban J connectivity index is 2.64. The van der Waals surface area contributed by atoms with E-state index < -0.39 is 0 Å². The molecule has 0 amide bonds. The minimum Gasteiger partial charge on any atom is -0.258 e. The average molecular weight is 198 g/mol. The van der Waals surface area contributed by atoms with E-state index in [0.717, 1.165) is 22.6 Å². The number of rotatable bonds is 1. The van der Waals surface area contributed by atoms with Gasteiger partial charge in [-0.15, -0.1) is 0 Å². The van der Waals surface area contributed by atoms with Crippen molar-refractivity contribution in [3.8, 4) is 11.3 Å². The molecule has 2 rings (SSSR count). The first kappa shape index (κ1) is 9.84. The highest BCUT2D eigenvalue weighted by molar-refractivity contribution is 5.65. The molecule has 0 aliphatic rings. The van der Waals surface area contributed by atoms with Gasteiger partial charge >= 0.3 is 0 Å². The molecule has 0 saturated carbocycles. The Kier molecular flexibility index (Phi) is 2.50. The second-order valence-corrected chi connectivity index (χ2v) is 3.76. The molecule has 76 valence electrons. The van der Waals surface area contributed by atoms with Crippen LogP contribution in [0, 0.1) is 20.8 Å². The number of aryl methyl sites for hydroxylation is 3. The van der Waals surface area contributed by atoms with Crippen molar-refractivity contribution < 1.29 is 0 Å². The summed E-state index contributed by atoms with van der Waals surface area (Å²) in [6.45, 7) is 6.15. The van der Waals surface area contributed by atoms with E-state index in [9.17, 15) is 0 Å². The quantitative estimate of drug-likeness (QED) is 0.703. The number of aromatic nitrogens is 2. The summed E-state index contributed by atoms with van der Waals surface area (Å²) in [4.78, 5) is 8.83. The van der Waals surface area contributed by atoms with Gasteiger partial charge in [0.1, 0.15) is 0 Å². The Morgan fingerprint density at radius 1 is 1.07 bits per heavy atom. The lowest BCUT2D eigenvalue weighted by molar-refractivity contribution is 1.10. The third kappa shape index (κ3) is 1.89. The molecule has 0 unspecified atom stereocenters. The number of hydrogen-bond donors (Lipinski definition) is 0. The number of hydrogen-bond acceptors (Lipinski definition) is 2. The standard InChI is InChI=1S/C13H14N2/c1-9-8-10(2)15-11(3)13(9)12-6-4-5-7-14-12/h4-8H,1-3H3. The third-order valence-corrected chi connectivity index (χ3v) is 2.45. The maximum Gasteiger partial charge on any atom is 0.0722 e. The van der Waals surface area contributed by atoms with Crippen molar-refractivity contribution in [1.82, 2.24) is 9.97 Å². The Bertz CT molecular complexity index is 452. The van der Waals surface area contributed by atoms with Gasteiger partial charge in [-0.1, -0.05) is 6.07 Å². The van der Waals surface area contributed by atoms with Crippen LogP contribution < -0.4 is 0 Å². The largest absolute Gasteiger partial charge is 0.258 e. The second kappa shape index (κ2) is 3.81. The second-order valence-electron chi connectivity index (χ2n) is 3.76. The summed E-state index contributed by atoms with van der Waals surface area (Å²) < 4.78 is 0. The molecular weight excluding hydrogens is 184 g/mol. The van der Waals surface area contributed by atoms with Gasteiger partial charge in [0.2, 0.25) is 0 Å². The van der Waals surface area contributed by atoms with Crippen LogP contribution in [-0.4, -0.2) is 9.97 Å². The van der Waals surface area contributed by atoms with Crippen molar-refractivity contribution >= 4 is 0 Å². The van der Waals surface area contributed by atoms with Gasteiger partial charge in [-0.05, 0) is 44.5 Å². The van der Waals surface area contributed by atoms with Gasteiger partial charge in [-0.25, -0.2) is 0 Å². The van der Waals surface area contributed by atoms with E-state index in [1.807, 2.05) is 38.2 Å². The van der Waals surface area contributed by atoms with Crippen molar-refractivity contribution in [3.63, 3.8) is 0 Å². The molecule has 0 saturated heterocycles. The summed E-state index contributed by atoms with van der Waals surface area (Å²) in [6, 6.07) is 8.04. The Labute approximate surface area is 90.0 Å². The number of nitrogens with zero attached hydrogens (tertiary/aromatic N) is 2. The molecule has 0 spiro atoms. The molecule has 0 aliphatic carbocycles. The summed E-state index contributed by atoms with van der Waals surface area (Å²) >= 11 is 0. The number of pyridine rings is 2. The zero-order chi connectivity index (χ0) is 10.8. The zero-order valence-electron chi connectivity index (χ0n) is 9.28.